The van der Waals surface area contributed by atoms with Gasteiger partial charge < -0.3 is 15.6 Å². The lowest BCUT2D eigenvalue weighted by Gasteiger charge is -2.13. The van der Waals surface area contributed by atoms with Crippen LogP contribution in [0.1, 0.15) is 30.6 Å². The highest BCUT2D eigenvalue weighted by Gasteiger charge is 2.19. The van der Waals surface area contributed by atoms with Gasteiger partial charge in [-0.1, -0.05) is 30.3 Å². The maximum atomic E-state index is 12.6. The quantitative estimate of drug-likeness (QED) is 0.561. The molecule has 0 unspecified atom stereocenters. The van der Waals surface area contributed by atoms with Gasteiger partial charge in [-0.3, -0.25) is 9.59 Å². The molecular weight excluding hydrogens is 396 g/mol. The zero-order chi connectivity index (χ0) is 20.3. The summed E-state index contributed by atoms with van der Waals surface area (Å²) in [5, 5.41) is 3.91. The van der Waals surface area contributed by atoms with Gasteiger partial charge in [0.15, 0.2) is 5.16 Å². The van der Waals surface area contributed by atoms with Gasteiger partial charge in [0.2, 0.25) is 11.8 Å². The first-order valence-corrected chi connectivity index (χ1v) is 10.2. The molecule has 0 saturated carbocycles. The second-order valence-corrected chi connectivity index (χ2v) is 8.11. The van der Waals surface area contributed by atoms with Crippen molar-refractivity contribution in [2.75, 3.05) is 5.32 Å². The zero-order valence-electron chi connectivity index (χ0n) is 15.6. The first-order valence-electron chi connectivity index (χ1n) is 8.92. The monoisotopic (exact) mass is 416 g/mol. The third-order valence-corrected chi connectivity index (χ3v) is 5.54. The van der Waals surface area contributed by atoms with Crippen LogP contribution in [0.15, 0.2) is 47.6 Å². The van der Waals surface area contributed by atoms with E-state index < -0.39 is 5.91 Å². The Kier molecular flexibility index (Phi) is 6.26. The Hall–Kier alpha value is -2.51. The van der Waals surface area contributed by atoms with Crippen LogP contribution < -0.4 is 11.1 Å². The summed E-state index contributed by atoms with van der Waals surface area (Å²) in [4.78, 5) is 28.4. The topological polar surface area (TPSA) is 90.0 Å². The molecule has 0 bridgehead atoms. The molecule has 0 radical (unpaired) electrons. The van der Waals surface area contributed by atoms with Crippen LogP contribution in [0.5, 0.6) is 0 Å². The predicted molar refractivity (Wildman–Crippen MR) is 114 cm³/mol. The third kappa shape index (κ3) is 4.48. The normalized spacial score (nSPS) is 12.1. The molecule has 2 aromatic carbocycles. The lowest BCUT2D eigenvalue weighted by Crippen LogP contribution is -2.23. The van der Waals surface area contributed by atoms with E-state index in [4.69, 9.17) is 17.3 Å². The number of aryl methyl sites for hydroxylation is 1. The number of anilines is 1. The standard InChI is InChI=1S/C20H21ClN4O2S/c1-3-10-25-17-9-6-14(21)11-16(17)24-20(25)28-12(2)19(27)23-15-7-4-13(5-8-15)18(22)26/h4-9,11-12H,3,10H2,1-2H3,(H2,22,26)(H,23,27)/t12-/m1/s1. The van der Waals surface area contributed by atoms with E-state index in [2.05, 4.69) is 21.8 Å². The van der Waals surface area contributed by atoms with E-state index >= 15 is 0 Å². The van der Waals surface area contributed by atoms with Crippen molar-refractivity contribution in [1.82, 2.24) is 9.55 Å². The number of imidazole rings is 1. The van der Waals surface area contributed by atoms with Gasteiger partial charge in [0, 0.05) is 22.8 Å². The summed E-state index contributed by atoms with van der Waals surface area (Å²) in [6.07, 6.45) is 0.953. The Labute approximate surface area is 172 Å². The smallest absolute Gasteiger partial charge is 0.248 e. The van der Waals surface area contributed by atoms with Crippen molar-refractivity contribution >= 4 is 51.9 Å². The number of benzene rings is 2. The second kappa shape index (κ2) is 8.67. The molecule has 2 amide bonds. The third-order valence-electron chi connectivity index (χ3n) is 4.21. The van der Waals surface area contributed by atoms with Crippen molar-refractivity contribution in [2.45, 2.75) is 37.2 Å². The first kappa shape index (κ1) is 20.2. The maximum Gasteiger partial charge on any atom is 0.248 e. The van der Waals surface area contributed by atoms with Crippen LogP contribution in [0.25, 0.3) is 11.0 Å². The number of hydrogen-bond acceptors (Lipinski definition) is 4. The van der Waals surface area contributed by atoms with Gasteiger partial charge in [-0.25, -0.2) is 4.98 Å². The van der Waals surface area contributed by atoms with Gasteiger partial charge in [0.1, 0.15) is 0 Å². The number of amides is 2. The van der Waals surface area contributed by atoms with Crippen LogP contribution >= 0.6 is 23.4 Å². The van der Waals surface area contributed by atoms with E-state index in [9.17, 15) is 9.59 Å². The number of primary amides is 1. The lowest BCUT2D eigenvalue weighted by molar-refractivity contribution is -0.115. The number of nitrogens with one attached hydrogen (secondary N) is 1. The summed E-state index contributed by atoms with van der Waals surface area (Å²) in [6.45, 7) is 4.74. The molecule has 3 rings (SSSR count). The fraction of sp³-hybridized carbons (Fsp3) is 0.250. The highest BCUT2D eigenvalue weighted by molar-refractivity contribution is 8.00. The van der Waals surface area contributed by atoms with Gasteiger partial charge in [-0.2, -0.15) is 0 Å². The SMILES string of the molecule is CCCn1c(S[C@H](C)C(=O)Nc2ccc(C(N)=O)cc2)nc2cc(Cl)ccc21. The minimum Gasteiger partial charge on any atom is -0.366 e. The largest absolute Gasteiger partial charge is 0.366 e. The molecule has 8 heteroatoms. The number of hydrogen-bond donors (Lipinski definition) is 2. The average Bonchev–Trinajstić information content (AvgIpc) is 2.98. The molecule has 3 N–H and O–H groups in total. The Morgan fingerprint density at radius 2 is 1.96 bits per heavy atom. The van der Waals surface area contributed by atoms with Crippen LogP contribution in [-0.2, 0) is 11.3 Å². The fourth-order valence-corrected chi connectivity index (χ4v) is 3.90. The Balaban J connectivity index is 1.76. The Morgan fingerprint density at radius 1 is 1.25 bits per heavy atom. The number of aromatic nitrogens is 2. The number of halogens is 1. The van der Waals surface area contributed by atoms with Crippen molar-refractivity contribution in [1.29, 1.82) is 0 Å². The van der Waals surface area contributed by atoms with Crippen molar-refractivity contribution < 1.29 is 9.59 Å². The van der Waals surface area contributed by atoms with Gasteiger partial charge in [-0.05, 0) is 55.8 Å². The van der Waals surface area contributed by atoms with E-state index in [-0.39, 0.29) is 11.2 Å². The molecule has 28 heavy (non-hydrogen) atoms. The molecule has 1 atom stereocenters. The predicted octanol–water partition coefficient (Wildman–Crippen LogP) is 4.32. The Bertz CT molecular complexity index is 1020. The number of carbonyl (C=O) groups excluding carboxylic acids is 2. The van der Waals surface area contributed by atoms with Crippen LogP contribution in [0.4, 0.5) is 5.69 Å². The minimum atomic E-state index is -0.503. The summed E-state index contributed by atoms with van der Waals surface area (Å²) < 4.78 is 2.11. The molecule has 6 nitrogen and oxygen atoms in total. The molecule has 146 valence electrons. The van der Waals surface area contributed by atoms with Gasteiger partial charge in [0.05, 0.1) is 16.3 Å². The molecule has 0 aliphatic heterocycles. The maximum absolute atomic E-state index is 12.6. The molecular formula is C20H21ClN4O2S. The number of nitrogens with zero attached hydrogens (tertiary/aromatic N) is 2. The number of thioether (sulfide) groups is 1. The van der Waals surface area contributed by atoms with E-state index in [0.29, 0.717) is 16.3 Å². The highest BCUT2D eigenvalue weighted by Crippen LogP contribution is 2.29. The molecule has 0 aliphatic rings. The second-order valence-electron chi connectivity index (χ2n) is 6.37. The van der Waals surface area contributed by atoms with E-state index in [1.165, 1.54) is 11.8 Å². The fourth-order valence-electron chi connectivity index (χ4n) is 2.78. The van der Waals surface area contributed by atoms with Crippen molar-refractivity contribution in [3.8, 4) is 0 Å². The number of nitrogens with two attached hydrogens (primary N) is 1. The van der Waals surface area contributed by atoms with Gasteiger partial charge >= 0.3 is 0 Å². The molecule has 0 aliphatic carbocycles. The zero-order valence-corrected chi connectivity index (χ0v) is 17.2. The van der Waals surface area contributed by atoms with Crippen LogP contribution in [0, 0.1) is 0 Å². The highest BCUT2D eigenvalue weighted by atomic mass is 35.5. The van der Waals surface area contributed by atoms with E-state index in [1.807, 2.05) is 25.1 Å². The van der Waals surface area contributed by atoms with E-state index in [1.54, 1.807) is 24.3 Å². The van der Waals surface area contributed by atoms with Crippen molar-refractivity contribution in [3.05, 3.63) is 53.1 Å². The summed E-state index contributed by atoms with van der Waals surface area (Å²) in [6, 6.07) is 12.1. The van der Waals surface area contributed by atoms with Crippen LogP contribution in [0.3, 0.4) is 0 Å². The van der Waals surface area contributed by atoms with Gasteiger partial charge in [0.25, 0.3) is 0 Å². The van der Waals surface area contributed by atoms with Crippen molar-refractivity contribution in [3.63, 3.8) is 0 Å². The van der Waals surface area contributed by atoms with Gasteiger partial charge in [-0.15, -0.1) is 0 Å². The number of rotatable bonds is 7. The molecule has 1 heterocycles. The summed E-state index contributed by atoms with van der Waals surface area (Å²) in [7, 11) is 0. The molecule has 0 fully saturated rings. The first-order chi connectivity index (χ1) is 13.4. The molecule has 1 aromatic heterocycles. The lowest BCUT2D eigenvalue weighted by atomic mass is 10.2. The van der Waals surface area contributed by atoms with E-state index in [0.717, 1.165) is 29.2 Å². The number of fused-ring (bicyclic) bond motifs is 1. The summed E-state index contributed by atoms with van der Waals surface area (Å²) in [5.41, 5.74) is 8.06. The minimum absolute atomic E-state index is 0.148. The molecule has 3 aromatic rings. The molecule has 0 spiro atoms. The summed E-state index contributed by atoms with van der Waals surface area (Å²) in [5.74, 6) is -0.651. The average molecular weight is 417 g/mol. The number of carbonyl (C=O) groups is 2. The molecule has 0 saturated heterocycles. The van der Waals surface area contributed by atoms with Crippen molar-refractivity contribution in [2.24, 2.45) is 5.73 Å². The van der Waals surface area contributed by atoms with Crippen LogP contribution in [0.2, 0.25) is 5.02 Å². The Morgan fingerprint density at radius 3 is 2.61 bits per heavy atom. The van der Waals surface area contributed by atoms with Crippen LogP contribution in [-0.4, -0.2) is 26.6 Å². The summed E-state index contributed by atoms with van der Waals surface area (Å²) >= 11 is 7.49.